The molecule has 4 rings (SSSR count). The van der Waals surface area contributed by atoms with Crippen molar-refractivity contribution in [2.75, 3.05) is 6.61 Å². The van der Waals surface area contributed by atoms with Crippen molar-refractivity contribution in [3.63, 3.8) is 0 Å². The van der Waals surface area contributed by atoms with Crippen LogP contribution in [0.4, 0.5) is 0 Å². The number of fused-ring (bicyclic) bond motifs is 1. The zero-order valence-corrected chi connectivity index (χ0v) is 17.2. The van der Waals surface area contributed by atoms with Gasteiger partial charge in [0.2, 0.25) is 0 Å². The van der Waals surface area contributed by atoms with Gasteiger partial charge >= 0.3 is 5.97 Å². The van der Waals surface area contributed by atoms with E-state index in [4.69, 9.17) is 9.47 Å². The van der Waals surface area contributed by atoms with Crippen molar-refractivity contribution >= 4 is 11.8 Å². The SMILES string of the molecule is CCOc1ccccc1C1C(C(=O)OC2CCCC2)=C(C)NC2=CCCC(=O)C21. The number of nitrogens with one attached hydrogen (secondary N) is 1. The highest BCUT2D eigenvalue weighted by Crippen LogP contribution is 2.46. The standard InChI is InChI=1S/C24H29NO4/c1-3-28-20-14-7-6-11-17(20)22-21(24(27)29-16-9-4-5-10-16)15(2)25-18-12-8-13-19(26)23(18)22/h6-7,11-12,14,16,22-23,25H,3-5,8-10,13H2,1-2H3. The molecule has 1 heterocycles. The lowest BCUT2D eigenvalue weighted by Gasteiger charge is -2.38. The summed E-state index contributed by atoms with van der Waals surface area (Å²) in [4.78, 5) is 26.3. The van der Waals surface area contributed by atoms with Crippen LogP contribution in [0.1, 0.15) is 63.9 Å². The third-order valence-electron chi connectivity index (χ3n) is 6.17. The summed E-state index contributed by atoms with van der Waals surface area (Å²) >= 11 is 0. The van der Waals surface area contributed by atoms with E-state index in [9.17, 15) is 9.59 Å². The van der Waals surface area contributed by atoms with Crippen LogP contribution in [0.25, 0.3) is 0 Å². The van der Waals surface area contributed by atoms with Gasteiger partial charge in [0.25, 0.3) is 0 Å². The molecule has 0 bridgehead atoms. The summed E-state index contributed by atoms with van der Waals surface area (Å²) in [6.07, 6.45) is 7.31. The Bertz CT molecular complexity index is 863. The number of ketones is 1. The third-order valence-corrected chi connectivity index (χ3v) is 6.17. The van der Waals surface area contributed by atoms with Gasteiger partial charge in [-0.05, 0) is 52.0 Å². The summed E-state index contributed by atoms with van der Waals surface area (Å²) < 4.78 is 11.8. The first-order valence-corrected chi connectivity index (χ1v) is 10.7. The van der Waals surface area contributed by atoms with Gasteiger partial charge in [0.05, 0.1) is 18.1 Å². The van der Waals surface area contributed by atoms with E-state index in [2.05, 4.69) is 11.4 Å². The summed E-state index contributed by atoms with van der Waals surface area (Å²) in [7, 11) is 0. The highest BCUT2D eigenvalue weighted by atomic mass is 16.5. The van der Waals surface area contributed by atoms with Crippen LogP contribution in [0.5, 0.6) is 5.75 Å². The van der Waals surface area contributed by atoms with Crippen LogP contribution in [-0.4, -0.2) is 24.5 Å². The molecule has 5 nitrogen and oxygen atoms in total. The maximum absolute atomic E-state index is 13.3. The van der Waals surface area contributed by atoms with E-state index in [0.717, 1.165) is 54.8 Å². The summed E-state index contributed by atoms with van der Waals surface area (Å²) in [6, 6.07) is 7.73. The number of esters is 1. The van der Waals surface area contributed by atoms with Crippen molar-refractivity contribution in [1.82, 2.24) is 5.32 Å². The normalized spacial score (nSPS) is 24.6. The maximum Gasteiger partial charge on any atom is 0.336 e. The number of para-hydroxylation sites is 1. The van der Waals surface area contributed by atoms with Gasteiger partial charge in [-0.15, -0.1) is 0 Å². The molecule has 1 aromatic rings. The van der Waals surface area contributed by atoms with Crippen molar-refractivity contribution in [3.8, 4) is 5.75 Å². The summed E-state index contributed by atoms with van der Waals surface area (Å²) in [5, 5.41) is 3.33. The molecule has 2 atom stereocenters. The van der Waals surface area contributed by atoms with Crippen molar-refractivity contribution in [3.05, 3.63) is 52.9 Å². The highest BCUT2D eigenvalue weighted by Gasteiger charge is 2.44. The van der Waals surface area contributed by atoms with E-state index in [1.54, 1.807) is 0 Å². The Labute approximate surface area is 172 Å². The Balaban J connectivity index is 1.80. The Morgan fingerprint density at radius 2 is 1.93 bits per heavy atom. The van der Waals surface area contributed by atoms with Crippen molar-refractivity contribution in [2.24, 2.45) is 5.92 Å². The molecule has 29 heavy (non-hydrogen) atoms. The second-order valence-electron chi connectivity index (χ2n) is 8.07. The first-order chi connectivity index (χ1) is 14.1. The molecule has 0 radical (unpaired) electrons. The first kappa shape index (κ1) is 19.7. The molecular weight excluding hydrogens is 366 g/mol. The van der Waals surface area contributed by atoms with E-state index in [-0.39, 0.29) is 17.9 Å². The van der Waals surface area contributed by atoms with Crippen LogP contribution in [-0.2, 0) is 14.3 Å². The smallest absolute Gasteiger partial charge is 0.336 e. The molecule has 0 spiro atoms. The molecule has 3 aliphatic rings. The van der Waals surface area contributed by atoms with Gasteiger partial charge in [-0.25, -0.2) is 4.79 Å². The monoisotopic (exact) mass is 395 g/mol. The lowest BCUT2D eigenvalue weighted by Crippen LogP contribution is -2.41. The second kappa shape index (κ2) is 8.44. The first-order valence-electron chi connectivity index (χ1n) is 10.7. The van der Waals surface area contributed by atoms with Crippen LogP contribution in [0.3, 0.4) is 0 Å². The number of hydrogen-bond donors (Lipinski definition) is 1. The van der Waals surface area contributed by atoms with Gasteiger partial charge in [0, 0.05) is 29.3 Å². The van der Waals surface area contributed by atoms with Gasteiger partial charge in [0.15, 0.2) is 0 Å². The fourth-order valence-electron chi connectivity index (χ4n) is 4.86. The summed E-state index contributed by atoms with van der Waals surface area (Å²) in [6.45, 7) is 4.36. The molecule has 0 aromatic heterocycles. The van der Waals surface area contributed by atoms with E-state index >= 15 is 0 Å². The van der Waals surface area contributed by atoms with Crippen LogP contribution < -0.4 is 10.1 Å². The number of rotatable bonds is 5. The quantitative estimate of drug-likeness (QED) is 0.749. The largest absolute Gasteiger partial charge is 0.494 e. The van der Waals surface area contributed by atoms with Crippen molar-refractivity contribution in [1.29, 1.82) is 0 Å². The van der Waals surface area contributed by atoms with E-state index in [1.807, 2.05) is 38.1 Å². The minimum atomic E-state index is -0.403. The number of benzene rings is 1. The van der Waals surface area contributed by atoms with Gasteiger partial charge in [-0.2, -0.15) is 0 Å². The third kappa shape index (κ3) is 3.83. The number of ether oxygens (including phenoxy) is 2. The molecule has 1 N–H and O–H groups in total. The highest BCUT2D eigenvalue weighted by molar-refractivity contribution is 5.96. The zero-order chi connectivity index (χ0) is 20.4. The molecule has 0 saturated heterocycles. The predicted octanol–water partition coefficient (Wildman–Crippen LogP) is 4.39. The molecule has 2 unspecified atom stereocenters. The Morgan fingerprint density at radius 1 is 1.17 bits per heavy atom. The number of Topliss-reactive ketones (excluding diaryl/α,β-unsaturated/α-hetero) is 1. The van der Waals surface area contributed by atoms with Crippen LogP contribution in [0.15, 0.2) is 47.3 Å². The minimum Gasteiger partial charge on any atom is -0.494 e. The maximum atomic E-state index is 13.3. The van der Waals surface area contributed by atoms with Gasteiger partial charge < -0.3 is 14.8 Å². The second-order valence-corrected chi connectivity index (χ2v) is 8.07. The van der Waals surface area contributed by atoms with E-state index in [0.29, 0.717) is 18.6 Å². The summed E-state index contributed by atoms with van der Waals surface area (Å²) in [5.74, 6) is -0.230. The van der Waals surface area contributed by atoms with Crippen molar-refractivity contribution in [2.45, 2.75) is 64.4 Å². The van der Waals surface area contributed by atoms with Gasteiger partial charge in [-0.1, -0.05) is 24.3 Å². The average Bonchev–Trinajstić information content (AvgIpc) is 3.21. The van der Waals surface area contributed by atoms with Crippen LogP contribution in [0, 0.1) is 5.92 Å². The average molecular weight is 395 g/mol. The summed E-state index contributed by atoms with van der Waals surface area (Å²) in [5.41, 5.74) is 3.09. The fourth-order valence-corrected chi connectivity index (χ4v) is 4.86. The molecule has 5 heteroatoms. The lowest BCUT2D eigenvalue weighted by molar-refractivity contribution is -0.144. The molecule has 1 aromatic carbocycles. The number of carbonyl (C=O) groups is 2. The minimum absolute atomic E-state index is 0.0235. The Morgan fingerprint density at radius 3 is 2.69 bits per heavy atom. The predicted molar refractivity (Wildman–Crippen MR) is 110 cm³/mol. The molecule has 1 saturated carbocycles. The number of carbonyl (C=O) groups excluding carboxylic acids is 2. The van der Waals surface area contributed by atoms with E-state index in [1.165, 1.54) is 0 Å². The lowest BCUT2D eigenvalue weighted by atomic mass is 9.71. The van der Waals surface area contributed by atoms with Crippen LogP contribution in [0.2, 0.25) is 0 Å². The Hall–Kier alpha value is -2.56. The molecule has 0 amide bonds. The molecule has 154 valence electrons. The van der Waals surface area contributed by atoms with Crippen molar-refractivity contribution < 1.29 is 19.1 Å². The number of hydrogen-bond acceptors (Lipinski definition) is 5. The topological polar surface area (TPSA) is 64.6 Å². The molecular formula is C24H29NO4. The van der Waals surface area contributed by atoms with Crippen LogP contribution >= 0.6 is 0 Å². The molecule has 1 aliphatic heterocycles. The molecule has 1 fully saturated rings. The van der Waals surface area contributed by atoms with Gasteiger partial charge in [-0.3, -0.25) is 4.79 Å². The Kier molecular flexibility index (Phi) is 5.74. The fraction of sp³-hybridized carbons (Fsp3) is 0.500. The van der Waals surface area contributed by atoms with E-state index < -0.39 is 11.8 Å². The van der Waals surface area contributed by atoms with Gasteiger partial charge in [0.1, 0.15) is 17.6 Å². The molecule has 2 aliphatic carbocycles. The zero-order valence-electron chi connectivity index (χ0n) is 17.2. The number of allylic oxidation sites excluding steroid dienone is 3.